The molecule has 2 N–H and O–H groups in total. The van der Waals surface area contributed by atoms with Gasteiger partial charge in [-0.2, -0.15) is 0 Å². The van der Waals surface area contributed by atoms with Crippen molar-refractivity contribution in [2.24, 2.45) is 11.1 Å². The van der Waals surface area contributed by atoms with Gasteiger partial charge in [-0.15, -0.1) is 0 Å². The number of fused-ring (bicyclic) bond motifs is 1. The first-order chi connectivity index (χ1) is 9.77. The molecule has 1 saturated heterocycles. The number of nitrogens with zero attached hydrogens (tertiary/aromatic N) is 1. The monoisotopic (exact) mass is 276 g/mol. The molecule has 0 spiro atoms. The zero-order valence-corrected chi connectivity index (χ0v) is 11.5. The molecule has 1 fully saturated rings. The maximum atomic E-state index is 13.0. The molecular formula is C15H20N2O3. The standard InChI is InChI=1S/C15H20N2O3/c16-11-15(5-8-19-9-6-15)14(18)17-7-10-20-13-4-2-1-3-12(13)17/h1-4H,5-11,16H2. The fraction of sp³-hybridized carbons (Fsp3) is 0.533. The van der Waals surface area contributed by atoms with Crippen molar-refractivity contribution >= 4 is 11.6 Å². The molecule has 0 aromatic heterocycles. The van der Waals surface area contributed by atoms with E-state index in [1.807, 2.05) is 29.2 Å². The van der Waals surface area contributed by atoms with E-state index in [4.69, 9.17) is 15.2 Å². The van der Waals surface area contributed by atoms with E-state index in [1.54, 1.807) is 0 Å². The summed E-state index contributed by atoms with van der Waals surface area (Å²) in [4.78, 5) is 14.8. The molecule has 3 rings (SSSR count). The van der Waals surface area contributed by atoms with Crippen LogP contribution in [0.2, 0.25) is 0 Å². The van der Waals surface area contributed by atoms with Gasteiger partial charge in [0, 0.05) is 19.8 Å². The molecule has 5 nitrogen and oxygen atoms in total. The highest BCUT2D eigenvalue weighted by Gasteiger charge is 2.42. The number of ether oxygens (including phenoxy) is 2. The molecule has 2 aliphatic rings. The first-order valence-corrected chi connectivity index (χ1v) is 7.08. The summed E-state index contributed by atoms with van der Waals surface area (Å²) in [6.07, 6.45) is 1.39. The van der Waals surface area contributed by atoms with Gasteiger partial charge in [-0.3, -0.25) is 4.79 Å². The maximum absolute atomic E-state index is 13.0. The van der Waals surface area contributed by atoms with Gasteiger partial charge in [-0.05, 0) is 25.0 Å². The van der Waals surface area contributed by atoms with Crippen LogP contribution >= 0.6 is 0 Å². The van der Waals surface area contributed by atoms with Crippen molar-refractivity contribution in [1.82, 2.24) is 0 Å². The normalized spacial score (nSPS) is 20.9. The van der Waals surface area contributed by atoms with Crippen LogP contribution in [-0.2, 0) is 9.53 Å². The number of nitrogens with two attached hydrogens (primary N) is 1. The Morgan fingerprint density at radius 3 is 2.75 bits per heavy atom. The lowest BCUT2D eigenvalue weighted by Gasteiger charge is -2.40. The summed E-state index contributed by atoms with van der Waals surface area (Å²) < 4.78 is 11.0. The van der Waals surface area contributed by atoms with Gasteiger partial charge in [-0.25, -0.2) is 0 Å². The third kappa shape index (κ3) is 2.17. The fourth-order valence-electron chi connectivity index (χ4n) is 2.93. The van der Waals surface area contributed by atoms with Crippen LogP contribution in [0.25, 0.3) is 0 Å². The van der Waals surface area contributed by atoms with Crippen LogP contribution in [0, 0.1) is 5.41 Å². The summed E-state index contributed by atoms with van der Waals surface area (Å²) in [6, 6.07) is 7.66. The van der Waals surface area contributed by atoms with Crippen LogP contribution in [0.3, 0.4) is 0 Å². The number of anilines is 1. The lowest BCUT2D eigenvalue weighted by molar-refractivity contribution is -0.133. The molecule has 1 aromatic rings. The van der Waals surface area contributed by atoms with Crippen molar-refractivity contribution in [2.75, 3.05) is 37.8 Å². The molecule has 0 aliphatic carbocycles. The zero-order valence-electron chi connectivity index (χ0n) is 11.5. The van der Waals surface area contributed by atoms with Crippen molar-refractivity contribution in [3.05, 3.63) is 24.3 Å². The van der Waals surface area contributed by atoms with E-state index in [-0.39, 0.29) is 5.91 Å². The van der Waals surface area contributed by atoms with Gasteiger partial charge in [0.25, 0.3) is 0 Å². The Morgan fingerprint density at radius 1 is 1.25 bits per heavy atom. The minimum Gasteiger partial charge on any atom is -0.490 e. The number of amides is 1. The zero-order chi connectivity index (χ0) is 14.0. The van der Waals surface area contributed by atoms with Gasteiger partial charge in [0.15, 0.2) is 0 Å². The number of carbonyl (C=O) groups is 1. The van der Waals surface area contributed by atoms with Gasteiger partial charge < -0.3 is 20.1 Å². The summed E-state index contributed by atoms with van der Waals surface area (Å²) in [6.45, 7) is 2.69. The molecule has 0 saturated carbocycles. The summed E-state index contributed by atoms with van der Waals surface area (Å²) in [5.41, 5.74) is 6.30. The Balaban J connectivity index is 1.91. The highest BCUT2D eigenvalue weighted by atomic mass is 16.5. The van der Waals surface area contributed by atoms with E-state index in [0.717, 1.165) is 11.4 Å². The number of benzene rings is 1. The topological polar surface area (TPSA) is 64.8 Å². The molecule has 20 heavy (non-hydrogen) atoms. The van der Waals surface area contributed by atoms with Crippen molar-refractivity contribution in [1.29, 1.82) is 0 Å². The second-order valence-electron chi connectivity index (χ2n) is 5.37. The lowest BCUT2D eigenvalue weighted by Crippen LogP contribution is -2.52. The third-order valence-corrected chi connectivity index (χ3v) is 4.27. The lowest BCUT2D eigenvalue weighted by atomic mass is 9.78. The van der Waals surface area contributed by atoms with E-state index >= 15 is 0 Å². The van der Waals surface area contributed by atoms with Crippen molar-refractivity contribution in [3.8, 4) is 5.75 Å². The fourth-order valence-corrected chi connectivity index (χ4v) is 2.93. The Labute approximate surface area is 118 Å². The first kappa shape index (κ1) is 13.4. The van der Waals surface area contributed by atoms with E-state index in [9.17, 15) is 4.79 Å². The number of carbonyl (C=O) groups excluding carboxylic acids is 1. The average molecular weight is 276 g/mol. The highest BCUT2D eigenvalue weighted by Crippen LogP contribution is 2.37. The van der Waals surface area contributed by atoms with Crippen LogP contribution in [0.1, 0.15) is 12.8 Å². The second-order valence-corrected chi connectivity index (χ2v) is 5.37. The smallest absolute Gasteiger partial charge is 0.234 e. The van der Waals surface area contributed by atoms with Gasteiger partial charge in [0.2, 0.25) is 5.91 Å². The summed E-state index contributed by atoms with van der Waals surface area (Å²) in [7, 11) is 0. The Kier molecular flexibility index (Phi) is 3.63. The molecule has 2 aliphatic heterocycles. The van der Waals surface area contributed by atoms with Gasteiger partial charge in [0.05, 0.1) is 17.6 Å². The number of rotatable bonds is 2. The number of para-hydroxylation sites is 2. The number of hydrogen-bond acceptors (Lipinski definition) is 4. The van der Waals surface area contributed by atoms with Crippen molar-refractivity contribution in [2.45, 2.75) is 12.8 Å². The van der Waals surface area contributed by atoms with Crippen molar-refractivity contribution in [3.63, 3.8) is 0 Å². The second kappa shape index (κ2) is 5.42. The minimum absolute atomic E-state index is 0.110. The SMILES string of the molecule is NCC1(C(=O)N2CCOc3ccccc32)CCOCC1. The third-order valence-electron chi connectivity index (χ3n) is 4.27. The first-order valence-electron chi connectivity index (χ1n) is 7.08. The molecule has 1 amide bonds. The largest absolute Gasteiger partial charge is 0.490 e. The molecule has 5 heteroatoms. The number of hydrogen-bond donors (Lipinski definition) is 1. The van der Waals surface area contributed by atoms with Crippen LogP contribution in [0.4, 0.5) is 5.69 Å². The van der Waals surface area contributed by atoms with Gasteiger partial charge in [0.1, 0.15) is 12.4 Å². The molecule has 0 bridgehead atoms. The summed E-state index contributed by atoms with van der Waals surface area (Å²) in [5, 5.41) is 0. The Morgan fingerprint density at radius 2 is 2.00 bits per heavy atom. The van der Waals surface area contributed by atoms with Gasteiger partial charge in [-0.1, -0.05) is 12.1 Å². The van der Waals surface area contributed by atoms with Crippen molar-refractivity contribution < 1.29 is 14.3 Å². The molecule has 108 valence electrons. The molecule has 0 radical (unpaired) electrons. The molecule has 1 aromatic carbocycles. The van der Waals surface area contributed by atoms with Crippen LogP contribution in [0.15, 0.2) is 24.3 Å². The summed E-state index contributed by atoms with van der Waals surface area (Å²) >= 11 is 0. The summed E-state index contributed by atoms with van der Waals surface area (Å²) in [5.74, 6) is 0.880. The molecule has 0 unspecified atom stereocenters. The highest BCUT2D eigenvalue weighted by molar-refractivity contribution is 5.99. The Bertz CT molecular complexity index is 498. The molecule has 0 atom stereocenters. The van der Waals surface area contributed by atoms with Crippen LogP contribution < -0.4 is 15.4 Å². The van der Waals surface area contributed by atoms with Crippen LogP contribution in [0.5, 0.6) is 5.75 Å². The van der Waals surface area contributed by atoms with E-state index in [2.05, 4.69) is 0 Å². The Hall–Kier alpha value is -1.59. The van der Waals surface area contributed by atoms with E-state index < -0.39 is 5.41 Å². The predicted octanol–water partition coefficient (Wildman–Crippen LogP) is 1.17. The predicted molar refractivity (Wildman–Crippen MR) is 75.8 cm³/mol. The van der Waals surface area contributed by atoms with Crippen LogP contribution in [-0.4, -0.2) is 38.8 Å². The minimum atomic E-state index is -0.483. The van der Waals surface area contributed by atoms with E-state index in [1.165, 1.54) is 0 Å². The van der Waals surface area contributed by atoms with E-state index in [0.29, 0.717) is 45.8 Å². The quantitative estimate of drug-likeness (QED) is 0.880. The average Bonchev–Trinajstić information content (AvgIpc) is 2.54. The van der Waals surface area contributed by atoms with Gasteiger partial charge >= 0.3 is 0 Å². The molecule has 2 heterocycles. The molecular weight excluding hydrogens is 256 g/mol. The maximum Gasteiger partial charge on any atom is 0.234 e.